The van der Waals surface area contributed by atoms with Crippen LogP contribution < -0.4 is 15.0 Å². The number of alkyl halides is 1. The summed E-state index contributed by atoms with van der Waals surface area (Å²) in [5, 5.41) is 22.5. The van der Waals surface area contributed by atoms with E-state index in [2.05, 4.69) is 20.5 Å². The van der Waals surface area contributed by atoms with E-state index in [0.29, 0.717) is 28.2 Å². The Kier molecular flexibility index (Phi) is 4.17. The van der Waals surface area contributed by atoms with Crippen LogP contribution in [0.3, 0.4) is 0 Å². The van der Waals surface area contributed by atoms with Crippen LogP contribution in [0.2, 0.25) is 0 Å². The molecule has 2 bridgehead atoms. The summed E-state index contributed by atoms with van der Waals surface area (Å²) in [5.74, 6) is 0.750. The highest BCUT2D eigenvalue weighted by Gasteiger charge is 2.57. The first-order chi connectivity index (χ1) is 16.5. The first-order valence-corrected chi connectivity index (χ1v) is 10.5. The van der Waals surface area contributed by atoms with Crippen molar-refractivity contribution in [3.63, 3.8) is 0 Å². The van der Waals surface area contributed by atoms with E-state index in [1.54, 1.807) is 36.4 Å². The minimum atomic E-state index is -2.60. The standard InChI is InChI=1S/C24H26FN5O2/c1-24-12-16(13-27-24)22(23(24)25)30(2)20-7-6-18(28-29-20)17-5-4-14(10-19(17)31)15-8-9-26-21(11-15)32-3/h4-11,16,22-23,27,31H,12-13H2,1-3H3/t16?,22-,23-,24-/m1/s1/i3D3. The van der Waals surface area contributed by atoms with Gasteiger partial charge in [-0.2, -0.15) is 0 Å². The van der Waals surface area contributed by atoms with Crippen LogP contribution in [0.15, 0.2) is 48.7 Å². The molecule has 3 heterocycles. The number of halogens is 1. The third-order valence-electron chi connectivity index (χ3n) is 6.75. The summed E-state index contributed by atoms with van der Waals surface area (Å²) >= 11 is 0. The van der Waals surface area contributed by atoms with Crippen molar-refractivity contribution in [2.45, 2.75) is 31.1 Å². The fraction of sp³-hybridized carbons (Fsp3) is 0.375. The van der Waals surface area contributed by atoms with Gasteiger partial charge < -0.3 is 20.1 Å². The maximum Gasteiger partial charge on any atom is 0.213 e. The van der Waals surface area contributed by atoms with Crippen molar-refractivity contribution in [3.8, 4) is 34.0 Å². The van der Waals surface area contributed by atoms with Crippen LogP contribution >= 0.6 is 0 Å². The van der Waals surface area contributed by atoms with Crippen LogP contribution in [-0.2, 0) is 0 Å². The molecule has 2 aliphatic rings. The second kappa shape index (κ2) is 7.70. The molecule has 3 aromatic rings. The Morgan fingerprint density at radius 3 is 2.75 bits per heavy atom. The quantitative estimate of drug-likeness (QED) is 0.631. The Balaban J connectivity index is 1.35. The van der Waals surface area contributed by atoms with E-state index < -0.39 is 18.7 Å². The monoisotopic (exact) mass is 438 g/mol. The van der Waals surface area contributed by atoms with Gasteiger partial charge in [0.1, 0.15) is 11.9 Å². The predicted octanol–water partition coefficient (Wildman–Crippen LogP) is 3.44. The highest BCUT2D eigenvalue weighted by molar-refractivity contribution is 5.74. The summed E-state index contributed by atoms with van der Waals surface area (Å²) in [4.78, 5) is 5.78. The molecule has 4 atom stereocenters. The van der Waals surface area contributed by atoms with Gasteiger partial charge in [0.25, 0.3) is 0 Å². The number of nitrogens with one attached hydrogen (secondary N) is 1. The number of hydrogen-bond acceptors (Lipinski definition) is 7. The summed E-state index contributed by atoms with van der Waals surface area (Å²) < 4.78 is 41.6. The normalized spacial score (nSPS) is 28.1. The Morgan fingerprint density at radius 2 is 2.06 bits per heavy atom. The molecule has 2 aromatic heterocycles. The number of hydrogen-bond donors (Lipinski definition) is 2. The summed E-state index contributed by atoms with van der Waals surface area (Å²) in [6, 6.07) is 11.5. The fourth-order valence-electron chi connectivity index (χ4n) is 5.02. The van der Waals surface area contributed by atoms with E-state index in [9.17, 15) is 5.11 Å². The number of phenols is 1. The van der Waals surface area contributed by atoms with Crippen molar-refractivity contribution in [2.24, 2.45) is 5.92 Å². The number of ether oxygens (including phenoxy) is 1. The van der Waals surface area contributed by atoms with Crippen LogP contribution in [-0.4, -0.2) is 58.7 Å². The number of aromatic nitrogens is 3. The minimum Gasteiger partial charge on any atom is -0.507 e. The number of phenolic OH excluding ortho intramolecular Hbond substituents is 1. The molecule has 5 rings (SSSR count). The second-order valence-corrected chi connectivity index (χ2v) is 8.76. The molecule has 1 aromatic carbocycles. The van der Waals surface area contributed by atoms with Crippen LogP contribution in [0.25, 0.3) is 22.4 Å². The van der Waals surface area contributed by atoms with E-state index in [0.717, 1.165) is 13.0 Å². The highest BCUT2D eigenvalue weighted by atomic mass is 19.1. The topological polar surface area (TPSA) is 83.4 Å². The largest absolute Gasteiger partial charge is 0.507 e. The molecule has 1 unspecified atom stereocenters. The number of nitrogens with zero attached hydrogens (tertiary/aromatic N) is 4. The van der Waals surface area contributed by atoms with Crippen molar-refractivity contribution >= 4 is 5.82 Å². The van der Waals surface area contributed by atoms with Crippen molar-refractivity contribution < 1.29 is 18.3 Å². The molecule has 8 heteroatoms. The van der Waals surface area contributed by atoms with E-state index >= 15 is 4.39 Å². The minimum absolute atomic E-state index is 0.0102. The number of methoxy groups -OCH3 is 1. The van der Waals surface area contributed by atoms with Crippen molar-refractivity contribution in [1.29, 1.82) is 0 Å². The van der Waals surface area contributed by atoms with Gasteiger partial charge in [-0.1, -0.05) is 6.07 Å². The Labute approximate surface area is 190 Å². The third kappa shape index (κ3) is 3.35. The van der Waals surface area contributed by atoms with Crippen molar-refractivity contribution in [1.82, 2.24) is 20.5 Å². The SMILES string of the molecule is [2H]C([2H])([2H])Oc1cc(-c2ccc(-c3ccc(N(C)[C@@H]4C5CN[C@](C)(C5)[C@@H]4F)nn3)c(O)c2)ccn1. The van der Waals surface area contributed by atoms with E-state index in [1.165, 1.54) is 12.3 Å². The molecule has 166 valence electrons. The summed E-state index contributed by atoms with van der Waals surface area (Å²) in [5.41, 5.74) is 1.77. The third-order valence-corrected chi connectivity index (χ3v) is 6.75. The van der Waals surface area contributed by atoms with Crippen LogP contribution in [0.1, 0.15) is 17.5 Å². The molecule has 0 radical (unpaired) electrons. The predicted molar refractivity (Wildman–Crippen MR) is 121 cm³/mol. The van der Waals surface area contributed by atoms with E-state index in [-0.39, 0.29) is 23.6 Å². The molecule has 2 N–H and O–H groups in total. The molecule has 1 saturated heterocycles. The molecular weight excluding hydrogens is 409 g/mol. The summed E-state index contributed by atoms with van der Waals surface area (Å²) in [6.07, 6.45) is 1.25. The van der Waals surface area contributed by atoms with Crippen molar-refractivity contribution in [2.75, 3.05) is 25.5 Å². The Morgan fingerprint density at radius 1 is 1.22 bits per heavy atom. The van der Waals surface area contributed by atoms with Gasteiger partial charge in [-0.05, 0) is 60.7 Å². The zero-order valence-electron chi connectivity index (χ0n) is 20.8. The lowest BCUT2D eigenvalue weighted by Crippen LogP contribution is -2.56. The van der Waals surface area contributed by atoms with Gasteiger partial charge in [0.2, 0.25) is 5.88 Å². The molecule has 0 amide bonds. The second-order valence-electron chi connectivity index (χ2n) is 8.76. The number of anilines is 1. The van der Waals surface area contributed by atoms with Gasteiger partial charge >= 0.3 is 0 Å². The maximum absolute atomic E-state index is 15.1. The van der Waals surface area contributed by atoms with Crippen LogP contribution in [0, 0.1) is 5.92 Å². The lowest BCUT2D eigenvalue weighted by atomic mass is 9.96. The van der Waals surface area contributed by atoms with Crippen molar-refractivity contribution in [3.05, 3.63) is 48.7 Å². The number of pyridine rings is 1. The maximum atomic E-state index is 15.1. The zero-order valence-corrected chi connectivity index (χ0v) is 17.8. The fourth-order valence-corrected chi connectivity index (χ4v) is 5.02. The number of fused-ring (bicyclic) bond motifs is 2. The van der Waals surface area contributed by atoms with Gasteiger partial charge in [0.15, 0.2) is 5.82 Å². The van der Waals surface area contributed by atoms with Gasteiger partial charge in [0.05, 0.1) is 22.9 Å². The van der Waals surface area contributed by atoms with Gasteiger partial charge in [-0.25, -0.2) is 9.37 Å². The Bertz CT molecular complexity index is 1240. The first kappa shape index (κ1) is 17.3. The van der Waals surface area contributed by atoms with Crippen LogP contribution in [0.4, 0.5) is 10.2 Å². The Hall–Kier alpha value is -3.26. The number of piperidine rings is 1. The lowest BCUT2D eigenvalue weighted by Gasteiger charge is -2.37. The summed E-state index contributed by atoms with van der Waals surface area (Å²) in [7, 11) is -0.760. The molecule has 1 saturated carbocycles. The number of rotatable bonds is 5. The first-order valence-electron chi connectivity index (χ1n) is 12.0. The molecule has 1 aliphatic carbocycles. The average Bonchev–Trinajstić information content (AvgIpc) is 3.31. The smallest absolute Gasteiger partial charge is 0.213 e. The lowest BCUT2D eigenvalue weighted by molar-refractivity contribution is 0.163. The molecule has 7 nitrogen and oxygen atoms in total. The molecule has 0 spiro atoms. The highest BCUT2D eigenvalue weighted by Crippen LogP contribution is 2.44. The van der Waals surface area contributed by atoms with Gasteiger partial charge in [-0.3, -0.25) is 0 Å². The number of benzene rings is 1. The molecular formula is C24H26FN5O2. The van der Waals surface area contributed by atoms with Crippen LogP contribution in [0.5, 0.6) is 11.6 Å². The summed E-state index contributed by atoms with van der Waals surface area (Å²) in [6.45, 7) is 2.72. The number of aromatic hydroxyl groups is 1. The molecule has 2 fully saturated rings. The van der Waals surface area contributed by atoms with Gasteiger partial charge in [-0.15, -0.1) is 10.2 Å². The average molecular weight is 439 g/mol. The molecule has 1 aliphatic heterocycles. The van der Waals surface area contributed by atoms with E-state index in [4.69, 9.17) is 8.85 Å². The van der Waals surface area contributed by atoms with Gasteiger partial charge in [0, 0.05) is 37.0 Å². The van der Waals surface area contributed by atoms with E-state index in [1.807, 2.05) is 18.9 Å². The zero-order chi connectivity index (χ0) is 25.0. The molecule has 32 heavy (non-hydrogen) atoms.